The standard InChI is InChI=1S/C9H9ClN2O/c10-7-6-3-4-13-9(6)12-8(11-7)5-1-2-5/h5H,1-4H2. The minimum Gasteiger partial charge on any atom is -0.477 e. The van der Waals surface area contributed by atoms with Crippen LogP contribution >= 0.6 is 11.6 Å². The summed E-state index contributed by atoms with van der Waals surface area (Å²) < 4.78 is 5.36. The Morgan fingerprint density at radius 2 is 2.15 bits per heavy atom. The lowest BCUT2D eigenvalue weighted by molar-refractivity contribution is 0.343. The van der Waals surface area contributed by atoms with Gasteiger partial charge in [-0.3, -0.25) is 0 Å². The summed E-state index contributed by atoms with van der Waals surface area (Å²) in [6.07, 6.45) is 3.23. The molecule has 0 N–H and O–H groups in total. The van der Waals surface area contributed by atoms with Crippen LogP contribution in [0.3, 0.4) is 0 Å². The van der Waals surface area contributed by atoms with Gasteiger partial charge in [0.15, 0.2) is 0 Å². The summed E-state index contributed by atoms with van der Waals surface area (Å²) in [4.78, 5) is 8.64. The van der Waals surface area contributed by atoms with Crippen LogP contribution in [0.25, 0.3) is 0 Å². The molecule has 1 fully saturated rings. The Bertz CT molecular complexity index is 363. The molecule has 13 heavy (non-hydrogen) atoms. The maximum atomic E-state index is 6.02. The normalized spacial score (nSPS) is 19.8. The van der Waals surface area contributed by atoms with Crippen LogP contribution in [0.1, 0.15) is 30.1 Å². The van der Waals surface area contributed by atoms with E-state index in [1.165, 1.54) is 12.8 Å². The van der Waals surface area contributed by atoms with Crippen LogP contribution in [-0.4, -0.2) is 16.6 Å². The molecule has 1 saturated carbocycles. The monoisotopic (exact) mass is 196 g/mol. The summed E-state index contributed by atoms with van der Waals surface area (Å²) in [5.41, 5.74) is 0.978. The van der Waals surface area contributed by atoms with Crippen molar-refractivity contribution in [1.29, 1.82) is 0 Å². The molecule has 0 unspecified atom stereocenters. The zero-order valence-corrected chi connectivity index (χ0v) is 7.84. The fourth-order valence-corrected chi connectivity index (χ4v) is 1.82. The summed E-state index contributed by atoms with van der Waals surface area (Å²) >= 11 is 6.02. The Morgan fingerprint density at radius 3 is 2.92 bits per heavy atom. The second kappa shape index (κ2) is 2.58. The number of aromatic nitrogens is 2. The number of hydrogen-bond acceptors (Lipinski definition) is 3. The lowest BCUT2D eigenvalue weighted by atomic mass is 10.2. The molecular formula is C9H9ClN2O. The van der Waals surface area contributed by atoms with Crippen LogP contribution in [0.2, 0.25) is 5.15 Å². The van der Waals surface area contributed by atoms with E-state index in [1.807, 2.05) is 0 Å². The molecule has 2 heterocycles. The number of hydrogen-bond donors (Lipinski definition) is 0. The van der Waals surface area contributed by atoms with E-state index >= 15 is 0 Å². The van der Waals surface area contributed by atoms with E-state index in [2.05, 4.69) is 9.97 Å². The minimum absolute atomic E-state index is 0.534. The molecule has 0 radical (unpaired) electrons. The Balaban J connectivity index is 2.10. The van der Waals surface area contributed by atoms with Crippen LogP contribution in [0.15, 0.2) is 0 Å². The van der Waals surface area contributed by atoms with Crippen molar-refractivity contribution in [3.63, 3.8) is 0 Å². The average molecular weight is 197 g/mol. The summed E-state index contributed by atoms with van der Waals surface area (Å²) in [6, 6.07) is 0. The smallest absolute Gasteiger partial charge is 0.221 e. The van der Waals surface area contributed by atoms with Gasteiger partial charge < -0.3 is 4.74 Å². The third-order valence-corrected chi connectivity index (χ3v) is 2.78. The van der Waals surface area contributed by atoms with E-state index in [1.54, 1.807) is 0 Å². The highest BCUT2D eigenvalue weighted by Gasteiger charge is 2.29. The van der Waals surface area contributed by atoms with E-state index in [0.29, 0.717) is 23.6 Å². The van der Waals surface area contributed by atoms with Gasteiger partial charge in [0.05, 0.1) is 12.2 Å². The highest BCUT2D eigenvalue weighted by Crippen LogP contribution is 2.40. The van der Waals surface area contributed by atoms with Gasteiger partial charge in [-0.2, -0.15) is 4.98 Å². The molecule has 68 valence electrons. The molecule has 0 saturated heterocycles. The molecular weight excluding hydrogens is 188 g/mol. The van der Waals surface area contributed by atoms with Gasteiger partial charge in [-0.25, -0.2) is 4.98 Å². The van der Waals surface area contributed by atoms with Gasteiger partial charge in [0, 0.05) is 12.3 Å². The van der Waals surface area contributed by atoms with Crippen molar-refractivity contribution in [3.05, 3.63) is 16.5 Å². The molecule has 0 atom stereocenters. The van der Waals surface area contributed by atoms with Gasteiger partial charge in [0.1, 0.15) is 11.0 Å². The minimum atomic E-state index is 0.534. The summed E-state index contributed by atoms with van der Waals surface area (Å²) in [7, 11) is 0. The molecule has 3 nitrogen and oxygen atoms in total. The zero-order valence-electron chi connectivity index (χ0n) is 7.09. The second-order valence-electron chi connectivity index (χ2n) is 3.53. The van der Waals surface area contributed by atoms with Crippen molar-refractivity contribution in [2.75, 3.05) is 6.61 Å². The highest BCUT2D eigenvalue weighted by molar-refractivity contribution is 6.30. The molecule has 4 heteroatoms. The summed E-state index contributed by atoms with van der Waals surface area (Å²) in [5, 5.41) is 0.587. The van der Waals surface area contributed by atoms with Crippen LogP contribution < -0.4 is 4.74 Å². The molecule has 1 aliphatic carbocycles. The molecule has 0 bridgehead atoms. The van der Waals surface area contributed by atoms with E-state index < -0.39 is 0 Å². The van der Waals surface area contributed by atoms with E-state index in [9.17, 15) is 0 Å². The first-order chi connectivity index (χ1) is 6.34. The van der Waals surface area contributed by atoms with Crippen molar-refractivity contribution in [2.45, 2.75) is 25.2 Å². The molecule has 0 amide bonds. The fourth-order valence-electron chi connectivity index (χ4n) is 1.56. The number of nitrogens with zero attached hydrogens (tertiary/aromatic N) is 2. The fraction of sp³-hybridized carbons (Fsp3) is 0.556. The number of fused-ring (bicyclic) bond motifs is 1. The first kappa shape index (κ1) is 7.56. The third kappa shape index (κ3) is 1.18. The molecule has 0 spiro atoms. The molecule has 2 aliphatic rings. The number of ether oxygens (including phenoxy) is 1. The maximum absolute atomic E-state index is 6.02. The lowest BCUT2D eigenvalue weighted by Crippen LogP contribution is -1.96. The van der Waals surface area contributed by atoms with Gasteiger partial charge in [0.25, 0.3) is 0 Å². The molecule has 1 aromatic heterocycles. The number of halogens is 1. The van der Waals surface area contributed by atoms with Crippen molar-refractivity contribution < 1.29 is 4.74 Å². The zero-order chi connectivity index (χ0) is 8.84. The molecule has 1 aliphatic heterocycles. The van der Waals surface area contributed by atoms with Crippen molar-refractivity contribution in [3.8, 4) is 5.88 Å². The van der Waals surface area contributed by atoms with Crippen molar-refractivity contribution >= 4 is 11.6 Å². The van der Waals surface area contributed by atoms with E-state index in [0.717, 1.165) is 17.8 Å². The van der Waals surface area contributed by atoms with Crippen LogP contribution in [0.5, 0.6) is 5.88 Å². The Hall–Kier alpha value is -0.830. The van der Waals surface area contributed by atoms with E-state index in [-0.39, 0.29) is 0 Å². The van der Waals surface area contributed by atoms with Crippen LogP contribution in [-0.2, 0) is 6.42 Å². The first-order valence-electron chi connectivity index (χ1n) is 4.53. The molecule has 0 aromatic carbocycles. The SMILES string of the molecule is Clc1nc(C2CC2)nc2c1CCO2. The van der Waals surface area contributed by atoms with Gasteiger partial charge in [-0.05, 0) is 12.8 Å². The highest BCUT2D eigenvalue weighted by atomic mass is 35.5. The first-order valence-corrected chi connectivity index (χ1v) is 4.91. The topological polar surface area (TPSA) is 35.0 Å². The summed E-state index contributed by atoms with van der Waals surface area (Å²) in [5.74, 6) is 2.11. The predicted octanol–water partition coefficient (Wildman–Crippen LogP) is 1.94. The van der Waals surface area contributed by atoms with Crippen LogP contribution in [0, 0.1) is 0 Å². The Kier molecular flexibility index (Phi) is 1.50. The molecule has 3 rings (SSSR count). The molecule has 1 aromatic rings. The van der Waals surface area contributed by atoms with E-state index in [4.69, 9.17) is 16.3 Å². The van der Waals surface area contributed by atoms with Crippen LogP contribution in [0.4, 0.5) is 0 Å². The van der Waals surface area contributed by atoms with Gasteiger partial charge in [-0.1, -0.05) is 11.6 Å². The predicted molar refractivity (Wildman–Crippen MR) is 48.2 cm³/mol. The van der Waals surface area contributed by atoms with Gasteiger partial charge >= 0.3 is 0 Å². The quantitative estimate of drug-likeness (QED) is 0.644. The van der Waals surface area contributed by atoms with Gasteiger partial charge in [0.2, 0.25) is 5.88 Å². The largest absolute Gasteiger partial charge is 0.477 e. The van der Waals surface area contributed by atoms with Crippen molar-refractivity contribution in [2.24, 2.45) is 0 Å². The second-order valence-corrected chi connectivity index (χ2v) is 3.89. The lowest BCUT2D eigenvalue weighted by Gasteiger charge is -2.02. The average Bonchev–Trinajstić information content (AvgIpc) is 2.85. The maximum Gasteiger partial charge on any atom is 0.221 e. The van der Waals surface area contributed by atoms with Crippen molar-refractivity contribution in [1.82, 2.24) is 9.97 Å². The third-order valence-electron chi connectivity index (χ3n) is 2.47. The Morgan fingerprint density at radius 1 is 1.31 bits per heavy atom. The number of rotatable bonds is 1. The van der Waals surface area contributed by atoms with Gasteiger partial charge in [-0.15, -0.1) is 0 Å². The Labute approximate surface area is 81.1 Å². The summed E-state index contributed by atoms with van der Waals surface area (Å²) in [6.45, 7) is 0.692.